The summed E-state index contributed by atoms with van der Waals surface area (Å²) in [5.74, 6) is -3.12. The first-order chi connectivity index (χ1) is 9.60. The maximum atomic E-state index is 14.4. The van der Waals surface area contributed by atoms with Crippen LogP contribution in [0.3, 0.4) is 0 Å². The van der Waals surface area contributed by atoms with Crippen molar-refractivity contribution in [3.05, 3.63) is 29.1 Å². The molecule has 110 valence electrons. The summed E-state index contributed by atoms with van der Waals surface area (Å²) in [6, 6.07) is 0.101. The first-order valence-corrected chi connectivity index (χ1v) is 7.24. The second-order valence-corrected chi connectivity index (χ2v) is 5.19. The zero-order chi connectivity index (χ0) is 14.7. The highest BCUT2D eigenvalue weighted by Gasteiger charge is 2.28. The standard InChI is InChI=1S/C13H13BrF3NO2/c14-2-1-9-12(16)10(15)5-11(13(9)17)18-3-4-20-7-8(18)6-19/h5-6,8H,1-4,7H2. The molecule has 20 heavy (non-hydrogen) atoms. The molecule has 2 rings (SSSR count). The molecule has 0 aliphatic carbocycles. The number of ether oxygens (including phenoxy) is 1. The number of aldehydes is 1. The van der Waals surface area contributed by atoms with Crippen LogP contribution in [0.25, 0.3) is 0 Å². The molecule has 0 N–H and O–H groups in total. The molecule has 1 aliphatic heterocycles. The van der Waals surface area contributed by atoms with Crippen molar-refractivity contribution in [2.24, 2.45) is 0 Å². The molecule has 0 bridgehead atoms. The minimum absolute atomic E-state index is 0.0263. The van der Waals surface area contributed by atoms with E-state index in [0.717, 1.165) is 6.07 Å². The van der Waals surface area contributed by atoms with Crippen molar-refractivity contribution in [3.63, 3.8) is 0 Å². The number of nitrogens with zero attached hydrogens (tertiary/aromatic N) is 1. The predicted molar refractivity (Wildman–Crippen MR) is 71.8 cm³/mol. The Balaban J connectivity index is 2.47. The molecule has 1 heterocycles. The van der Waals surface area contributed by atoms with Crippen LogP contribution < -0.4 is 4.90 Å². The van der Waals surface area contributed by atoms with Gasteiger partial charge in [0.05, 0.1) is 18.9 Å². The molecule has 1 aliphatic rings. The van der Waals surface area contributed by atoms with Gasteiger partial charge in [-0.25, -0.2) is 13.2 Å². The van der Waals surface area contributed by atoms with Crippen molar-refractivity contribution < 1.29 is 22.7 Å². The highest BCUT2D eigenvalue weighted by Crippen LogP contribution is 2.29. The number of benzene rings is 1. The molecule has 7 heteroatoms. The average Bonchev–Trinajstić information content (AvgIpc) is 2.47. The summed E-state index contributed by atoms with van der Waals surface area (Å²) >= 11 is 3.08. The normalized spacial score (nSPS) is 19.2. The fourth-order valence-corrected chi connectivity index (χ4v) is 2.60. The quantitative estimate of drug-likeness (QED) is 0.474. The second kappa shape index (κ2) is 6.58. The lowest BCUT2D eigenvalue weighted by molar-refractivity contribution is -0.111. The number of carbonyl (C=O) groups is 1. The first kappa shape index (κ1) is 15.3. The van der Waals surface area contributed by atoms with Gasteiger partial charge in [-0.15, -0.1) is 0 Å². The summed E-state index contributed by atoms with van der Waals surface area (Å²) in [6.07, 6.45) is 0.641. The van der Waals surface area contributed by atoms with Gasteiger partial charge in [0.2, 0.25) is 0 Å². The molecule has 1 aromatic rings. The number of alkyl halides is 1. The fourth-order valence-electron chi connectivity index (χ4n) is 2.20. The van der Waals surface area contributed by atoms with Gasteiger partial charge in [0.15, 0.2) is 17.5 Å². The summed E-state index contributed by atoms with van der Waals surface area (Å²) in [5.41, 5.74) is -0.409. The van der Waals surface area contributed by atoms with E-state index in [1.54, 1.807) is 0 Å². The third kappa shape index (κ3) is 2.83. The maximum Gasteiger partial charge on any atom is 0.165 e. The monoisotopic (exact) mass is 351 g/mol. The van der Waals surface area contributed by atoms with Crippen LogP contribution in [0.15, 0.2) is 6.07 Å². The zero-order valence-corrected chi connectivity index (χ0v) is 12.1. The maximum absolute atomic E-state index is 14.4. The number of carbonyl (C=O) groups excluding carboxylic acids is 1. The van der Waals surface area contributed by atoms with Crippen LogP contribution in [0, 0.1) is 17.5 Å². The summed E-state index contributed by atoms with van der Waals surface area (Å²) in [7, 11) is 0. The van der Waals surface area contributed by atoms with Crippen molar-refractivity contribution >= 4 is 27.9 Å². The van der Waals surface area contributed by atoms with Crippen LogP contribution in [0.5, 0.6) is 0 Å². The smallest absolute Gasteiger partial charge is 0.165 e. The van der Waals surface area contributed by atoms with Crippen LogP contribution >= 0.6 is 15.9 Å². The number of rotatable bonds is 4. The third-order valence-electron chi connectivity index (χ3n) is 3.20. The van der Waals surface area contributed by atoms with E-state index in [9.17, 15) is 18.0 Å². The first-order valence-electron chi connectivity index (χ1n) is 6.12. The highest BCUT2D eigenvalue weighted by molar-refractivity contribution is 9.09. The Morgan fingerprint density at radius 1 is 1.40 bits per heavy atom. The van der Waals surface area contributed by atoms with Gasteiger partial charge in [-0.05, 0) is 6.42 Å². The lowest BCUT2D eigenvalue weighted by Gasteiger charge is -2.34. The van der Waals surface area contributed by atoms with Gasteiger partial charge in [-0.1, -0.05) is 15.9 Å². The van der Waals surface area contributed by atoms with Gasteiger partial charge >= 0.3 is 0 Å². The van der Waals surface area contributed by atoms with Crippen LogP contribution in [0.1, 0.15) is 5.56 Å². The summed E-state index contributed by atoms with van der Waals surface area (Å²) in [5, 5.41) is 0.309. The van der Waals surface area contributed by atoms with Crippen molar-refractivity contribution in [1.82, 2.24) is 0 Å². The molecule has 1 aromatic carbocycles. The van der Waals surface area contributed by atoms with Crippen molar-refractivity contribution in [2.45, 2.75) is 12.5 Å². The second-order valence-electron chi connectivity index (χ2n) is 4.39. The van der Waals surface area contributed by atoms with E-state index < -0.39 is 23.5 Å². The highest BCUT2D eigenvalue weighted by atomic mass is 79.9. The molecule has 0 radical (unpaired) electrons. The minimum atomic E-state index is -1.18. The Morgan fingerprint density at radius 3 is 2.80 bits per heavy atom. The van der Waals surface area contributed by atoms with Gasteiger partial charge in [0.1, 0.15) is 12.3 Å². The molecule has 1 unspecified atom stereocenters. The van der Waals surface area contributed by atoms with E-state index >= 15 is 0 Å². The Hall–Kier alpha value is -1.08. The van der Waals surface area contributed by atoms with E-state index in [4.69, 9.17) is 4.74 Å². The van der Waals surface area contributed by atoms with Crippen LogP contribution in [0.2, 0.25) is 0 Å². The average molecular weight is 352 g/mol. The van der Waals surface area contributed by atoms with Crippen LogP contribution in [-0.2, 0) is 16.0 Å². The molecule has 1 saturated heterocycles. The van der Waals surface area contributed by atoms with Crippen molar-refractivity contribution in [2.75, 3.05) is 30.0 Å². The van der Waals surface area contributed by atoms with Gasteiger partial charge in [0, 0.05) is 23.5 Å². The SMILES string of the molecule is O=CC1COCCN1c1cc(F)c(F)c(CCBr)c1F. The number of anilines is 1. The summed E-state index contributed by atoms with van der Waals surface area (Å²) in [4.78, 5) is 12.4. The Labute approximate surface area is 122 Å². The van der Waals surface area contributed by atoms with E-state index in [-0.39, 0.29) is 30.8 Å². The van der Waals surface area contributed by atoms with Gasteiger partial charge in [-0.2, -0.15) is 0 Å². The van der Waals surface area contributed by atoms with E-state index in [1.165, 1.54) is 4.90 Å². The third-order valence-corrected chi connectivity index (χ3v) is 3.60. The van der Waals surface area contributed by atoms with Gasteiger partial charge < -0.3 is 14.4 Å². The van der Waals surface area contributed by atoms with Gasteiger partial charge in [-0.3, -0.25) is 0 Å². The van der Waals surface area contributed by atoms with E-state index in [0.29, 0.717) is 18.2 Å². The molecule has 0 amide bonds. The predicted octanol–water partition coefficient (Wildman–Crippen LogP) is 2.45. The van der Waals surface area contributed by atoms with Gasteiger partial charge in [0.25, 0.3) is 0 Å². The Bertz CT molecular complexity index is 513. The minimum Gasteiger partial charge on any atom is -0.377 e. The lowest BCUT2D eigenvalue weighted by Crippen LogP contribution is -2.47. The number of hydrogen-bond donors (Lipinski definition) is 0. The molecule has 1 fully saturated rings. The summed E-state index contributed by atoms with van der Waals surface area (Å²) in [6.45, 7) is 0.658. The zero-order valence-electron chi connectivity index (χ0n) is 10.5. The largest absolute Gasteiger partial charge is 0.377 e. The molecular weight excluding hydrogens is 339 g/mol. The molecule has 0 saturated carbocycles. The number of hydrogen-bond acceptors (Lipinski definition) is 3. The summed E-state index contributed by atoms with van der Waals surface area (Å²) < 4.78 is 46.7. The van der Waals surface area contributed by atoms with Crippen molar-refractivity contribution in [1.29, 1.82) is 0 Å². The molecule has 3 nitrogen and oxygen atoms in total. The van der Waals surface area contributed by atoms with E-state index in [1.807, 2.05) is 0 Å². The topological polar surface area (TPSA) is 29.5 Å². The molecule has 1 atom stereocenters. The number of morpholine rings is 1. The lowest BCUT2D eigenvalue weighted by atomic mass is 10.1. The van der Waals surface area contributed by atoms with Crippen LogP contribution in [0.4, 0.5) is 18.9 Å². The van der Waals surface area contributed by atoms with E-state index in [2.05, 4.69) is 15.9 Å². The number of halogens is 4. The Morgan fingerprint density at radius 2 is 2.15 bits per heavy atom. The van der Waals surface area contributed by atoms with Crippen LogP contribution in [-0.4, -0.2) is 37.4 Å². The fraction of sp³-hybridized carbons (Fsp3) is 0.462. The molecule has 0 aromatic heterocycles. The molecule has 0 spiro atoms. The van der Waals surface area contributed by atoms with Crippen molar-refractivity contribution in [3.8, 4) is 0 Å². The molecular formula is C13H13BrF3NO2. The Kier molecular flexibility index (Phi) is 5.04.